The number of hydrogen-bond donors (Lipinski definition) is 1. The van der Waals surface area contributed by atoms with Crippen molar-refractivity contribution in [1.29, 1.82) is 0 Å². The third kappa shape index (κ3) is 2.02. The molecule has 4 heteroatoms. The van der Waals surface area contributed by atoms with Crippen molar-refractivity contribution < 1.29 is 9.18 Å². The number of pyridine rings is 1. The molecule has 0 aliphatic rings. The zero-order chi connectivity index (χ0) is 8.97. The molecule has 1 N–H and O–H groups in total. The van der Waals surface area contributed by atoms with Crippen LogP contribution in [0.25, 0.3) is 0 Å². The van der Waals surface area contributed by atoms with Gasteiger partial charge in [-0.3, -0.25) is 9.78 Å². The van der Waals surface area contributed by atoms with Crippen molar-refractivity contribution in [3.05, 3.63) is 29.8 Å². The summed E-state index contributed by atoms with van der Waals surface area (Å²) in [6, 6.07) is 2.67. The number of rotatable bonds is 3. The van der Waals surface area contributed by atoms with E-state index in [1.807, 2.05) is 0 Å². The van der Waals surface area contributed by atoms with Crippen LogP contribution < -0.4 is 5.32 Å². The van der Waals surface area contributed by atoms with Crippen LogP contribution in [0.2, 0.25) is 0 Å². The van der Waals surface area contributed by atoms with E-state index in [2.05, 4.69) is 10.3 Å². The molecule has 1 heterocycles. The summed E-state index contributed by atoms with van der Waals surface area (Å²) in [6.45, 7) is 1.77. The average Bonchev–Trinajstić information content (AvgIpc) is 2.06. The van der Waals surface area contributed by atoms with Gasteiger partial charge in [0.15, 0.2) is 0 Å². The Morgan fingerprint density at radius 2 is 2.42 bits per heavy atom. The molecule has 1 aromatic heterocycles. The third-order valence-electron chi connectivity index (χ3n) is 1.51. The molecule has 0 bridgehead atoms. The van der Waals surface area contributed by atoms with Gasteiger partial charge in [0.2, 0.25) is 6.41 Å². The smallest absolute Gasteiger partial charge is 0.207 e. The highest BCUT2D eigenvalue weighted by Gasteiger charge is 2.03. The van der Waals surface area contributed by atoms with Crippen molar-refractivity contribution >= 4 is 6.41 Å². The lowest BCUT2D eigenvalue weighted by molar-refractivity contribution is -0.110. The molecule has 0 aliphatic carbocycles. The number of nitrogens with one attached hydrogen (secondary N) is 1. The number of halogens is 1. The molecule has 0 unspecified atom stereocenters. The predicted octanol–water partition coefficient (Wildman–Crippen LogP) is 1.03. The molecule has 12 heavy (non-hydrogen) atoms. The molecule has 0 aromatic carbocycles. The first-order valence-electron chi connectivity index (χ1n) is 3.55. The Hall–Kier alpha value is -1.45. The highest BCUT2D eigenvalue weighted by molar-refractivity contribution is 5.47. The van der Waals surface area contributed by atoms with Gasteiger partial charge in [-0.25, -0.2) is 4.39 Å². The van der Waals surface area contributed by atoms with Crippen molar-refractivity contribution in [2.24, 2.45) is 0 Å². The summed E-state index contributed by atoms with van der Waals surface area (Å²) in [4.78, 5) is 13.8. The molecule has 1 rings (SSSR count). The Bertz CT molecular complexity index is 260. The monoisotopic (exact) mass is 168 g/mol. The highest BCUT2D eigenvalue weighted by atomic mass is 19.1. The summed E-state index contributed by atoms with van der Waals surface area (Å²) in [7, 11) is 0. The lowest BCUT2D eigenvalue weighted by Gasteiger charge is -2.07. The van der Waals surface area contributed by atoms with Crippen LogP contribution in [0, 0.1) is 5.82 Å². The fourth-order valence-corrected chi connectivity index (χ4v) is 0.831. The second-order valence-electron chi connectivity index (χ2n) is 2.41. The van der Waals surface area contributed by atoms with Crippen molar-refractivity contribution in [1.82, 2.24) is 10.3 Å². The van der Waals surface area contributed by atoms with Crippen LogP contribution in [-0.2, 0) is 4.79 Å². The van der Waals surface area contributed by atoms with Gasteiger partial charge < -0.3 is 5.32 Å². The number of carbonyl (C=O) groups excluding carboxylic acids is 1. The summed E-state index contributed by atoms with van der Waals surface area (Å²) in [6.07, 6.45) is 1.72. The molecule has 1 atom stereocenters. The zero-order valence-corrected chi connectivity index (χ0v) is 6.62. The zero-order valence-electron chi connectivity index (χ0n) is 6.62. The maximum absolute atomic E-state index is 12.4. The minimum Gasteiger partial charge on any atom is -0.351 e. The molecule has 0 saturated carbocycles. The summed E-state index contributed by atoms with van der Waals surface area (Å²) < 4.78 is 12.4. The normalized spacial score (nSPS) is 12.2. The average molecular weight is 168 g/mol. The molecule has 0 saturated heterocycles. The topological polar surface area (TPSA) is 42.0 Å². The van der Waals surface area contributed by atoms with Crippen LogP contribution >= 0.6 is 0 Å². The van der Waals surface area contributed by atoms with Crippen LogP contribution in [0.15, 0.2) is 18.3 Å². The van der Waals surface area contributed by atoms with Gasteiger partial charge in [0.1, 0.15) is 5.82 Å². The predicted molar refractivity (Wildman–Crippen MR) is 41.8 cm³/mol. The lowest BCUT2D eigenvalue weighted by Crippen LogP contribution is -2.17. The maximum Gasteiger partial charge on any atom is 0.207 e. The molecule has 1 amide bonds. The van der Waals surface area contributed by atoms with E-state index in [4.69, 9.17) is 0 Å². The van der Waals surface area contributed by atoms with Crippen LogP contribution in [0.3, 0.4) is 0 Å². The van der Waals surface area contributed by atoms with Crippen molar-refractivity contribution in [3.8, 4) is 0 Å². The van der Waals surface area contributed by atoms with Crippen LogP contribution in [0.4, 0.5) is 4.39 Å². The first-order chi connectivity index (χ1) is 5.74. The Kier molecular flexibility index (Phi) is 2.74. The summed E-state index contributed by atoms with van der Waals surface area (Å²) in [5, 5.41) is 2.52. The van der Waals surface area contributed by atoms with Crippen LogP contribution in [-0.4, -0.2) is 11.4 Å². The molecule has 0 spiro atoms. The number of carbonyl (C=O) groups is 1. The minimum absolute atomic E-state index is 0.178. The number of aromatic nitrogens is 1. The van der Waals surface area contributed by atoms with Gasteiger partial charge in [-0.15, -0.1) is 0 Å². The summed E-state index contributed by atoms with van der Waals surface area (Å²) in [5.74, 6) is -0.378. The Balaban J connectivity index is 2.74. The minimum atomic E-state index is -0.378. The van der Waals surface area contributed by atoms with Gasteiger partial charge in [-0.2, -0.15) is 0 Å². The van der Waals surface area contributed by atoms with Gasteiger partial charge in [0.25, 0.3) is 0 Å². The molecular weight excluding hydrogens is 159 g/mol. The Labute approximate surface area is 69.6 Å². The van der Waals surface area contributed by atoms with Crippen molar-refractivity contribution in [2.45, 2.75) is 13.0 Å². The molecule has 0 aliphatic heterocycles. The van der Waals surface area contributed by atoms with Gasteiger partial charge in [-0.1, -0.05) is 0 Å². The molecular formula is C8H9FN2O. The number of amides is 1. The maximum atomic E-state index is 12.4. The van der Waals surface area contributed by atoms with E-state index in [1.165, 1.54) is 12.1 Å². The van der Waals surface area contributed by atoms with E-state index in [-0.39, 0.29) is 11.9 Å². The van der Waals surface area contributed by atoms with E-state index in [0.717, 1.165) is 6.20 Å². The second-order valence-corrected chi connectivity index (χ2v) is 2.41. The van der Waals surface area contributed by atoms with Gasteiger partial charge in [-0.05, 0) is 19.1 Å². The molecule has 3 nitrogen and oxygen atoms in total. The molecule has 64 valence electrons. The van der Waals surface area contributed by atoms with Gasteiger partial charge in [0.05, 0.1) is 17.9 Å². The van der Waals surface area contributed by atoms with Gasteiger partial charge >= 0.3 is 0 Å². The van der Waals surface area contributed by atoms with E-state index in [9.17, 15) is 9.18 Å². The number of nitrogens with zero attached hydrogens (tertiary/aromatic N) is 1. The fourth-order valence-electron chi connectivity index (χ4n) is 0.831. The molecule has 0 fully saturated rings. The van der Waals surface area contributed by atoms with E-state index in [0.29, 0.717) is 12.1 Å². The molecule has 0 radical (unpaired) electrons. The van der Waals surface area contributed by atoms with E-state index in [1.54, 1.807) is 6.92 Å². The fraction of sp³-hybridized carbons (Fsp3) is 0.250. The standard InChI is InChI=1S/C8H9FN2O/c1-6(11-5-12)8-3-2-7(9)4-10-8/h2-6H,1H3,(H,11,12)/t6-/m0/s1. The summed E-state index contributed by atoms with van der Waals surface area (Å²) in [5.41, 5.74) is 0.642. The van der Waals surface area contributed by atoms with Gasteiger partial charge in [0, 0.05) is 0 Å². The van der Waals surface area contributed by atoms with E-state index >= 15 is 0 Å². The second kappa shape index (κ2) is 3.80. The lowest BCUT2D eigenvalue weighted by atomic mass is 10.2. The Morgan fingerprint density at radius 3 is 2.92 bits per heavy atom. The molecule has 1 aromatic rings. The number of hydrogen-bond acceptors (Lipinski definition) is 2. The van der Waals surface area contributed by atoms with Crippen molar-refractivity contribution in [3.63, 3.8) is 0 Å². The quantitative estimate of drug-likeness (QED) is 0.685. The first kappa shape index (κ1) is 8.64. The largest absolute Gasteiger partial charge is 0.351 e. The highest BCUT2D eigenvalue weighted by Crippen LogP contribution is 2.07. The SMILES string of the molecule is C[C@H](NC=O)c1ccc(F)cn1. The van der Waals surface area contributed by atoms with Crippen LogP contribution in [0.5, 0.6) is 0 Å². The van der Waals surface area contributed by atoms with E-state index < -0.39 is 0 Å². The third-order valence-corrected chi connectivity index (χ3v) is 1.51. The first-order valence-corrected chi connectivity index (χ1v) is 3.55. The Morgan fingerprint density at radius 1 is 1.67 bits per heavy atom. The van der Waals surface area contributed by atoms with Crippen LogP contribution in [0.1, 0.15) is 18.7 Å². The van der Waals surface area contributed by atoms with Crippen molar-refractivity contribution in [2.75, 3.05) is 0 Å². The summed E-state index contributed by atoms with van der Waals surface area (Å²) >= 11 is 0.